The zero-order valence-electron chi connectivity index (χ0n) is 10.8. The lowest BCUT2D eigenvalue weighted by molar-refractivity contribution is 0.325. The van der Waals surface area contributed by atoms with E-state index in [4.69, 9.17) is 16.3 Å². The Balaban J connectivity index is 2.15. The largest absolute Gasteiger partial charge is 0.477 e. The SMILES string of the molecule is CCOc1cncc(N(CCCl)C2CCCC2)n1. The average Bonchev–Trinajstić information content (AvgIpc) is 2.90. The molecule has 1 saturated carbocycles. The molecule has 0 aliphatic heterocycles. The van der Waals surface area contributed by atoms with Crippen LogP contribution in [0.25, 0.3) is 0 Å². The first kappa shape index (κ1) is 13.4. The molecule has 0 radical (unpaired) electrons. The van der Waals surface area contributed by atoms with E-state index in [1.165, 1.54) is 25.7 Å². The van der Waals surface area contributed by atoms with Crippen LogP contribution in [0, 0.1) is 0 Å². The Morgan fingerprint density at radius 1 is 1.39 bits per heavy atom. The Morgan fingerprint density at radius 2 is 2.17 bits per heavy atom. The Bertz CT molecular complexity index is 369. The van der Waals surface area contributed by atoms with Gasteiger partial charge in [0, 0.05) is 18.5 Å². The molecule has 1 fully saturated rings. The number of anilines is 1. The Morgan fingerprint density at radius 3 is 2.83 bits per heavy atom. The van der Waals surface area contributed by atoms with E-state index >= 15 is 0 Å². The van der Waals surface area contributed by atoms with Gasteiger partial charge in [-0.3, -0.25) is 4.98 Å². The van der Waals surface area contributed by atoms with E-state index in [-0.39, 0.29) is 0 Å². The second kappa shape index (κ2) is 6.78. The first-order valence-electron chi connectivity index (χ1n) is 6.62. The van der Waals surface area contributed by atoms with Crippen molar-refractivity contribution < 1.29 is 4.74 Å². The van der Waals surface area contributed by atoms with Gasteiger partial charge in [0.1, 0.15) is 0 Å². The van der Waals surface area contributed by atoms with Crippen LogP contribution in [-0.2, 0) is 0 Å². The third-order valence-electron chi connectivity index (χ3n) is 3.28. The number of ether oxygens (including phenoxy) is 1. The van der Waals surface area contributed by atoms with Crippen molar-refractivity contribution in [1.29, 1.82) is 0 Å². The highest BCUT2D eigenvalue weighted by atomic mass is 35.5. The van der Waals surface area contributed by atoms with Crippen LogP contribution in [0.4, 0.5) is 5.82 Å². The minimum absolute atomic E-state index is 0.551. The van der Waals surface area contributed by atoms with Crippen LogP contribution in [-0.4, -0.2) is 35.0 Å². The molecule has 0 amide bonds. The van der Waals surface area contributed by atoms with Crippen LogP contribution in [0.2, 0.25) is 0 Å². The molecule has 1 aromatic rings. The Kier molecular flexibility index (Phi) is 5.05. The quantitative estimate of drug-likeness (QED) is 0.745. The molecule has 1 heterocycles. The molecular formula is C13H20ClN3O. The maximum Gasteiger partial charge on any atom is 0.234 e. The van der Waals surface area contributed by atoms with Gasteiger partial charge >= 0.3 is 0 Å². The second-order valence-electron chi connectivity index (χ2n) is 4.47. The lowest BCUT2D eigenvalue weighted by atomic mass is 10.2. The minimum atomic E-state index is 0.551. The Hall–Kier alpha value is -1.03. The average molecular weight is 270 g/mol. The lowest BCUT2D eigenvalue weighted by Crippen LogP contribution is -2.35. The van der Waals surface area contributed by atoms with E-state index in [1.807, 2.05) is 6.92 Å². The van der Waals surface area contributed by atoms with Crippen molar-refractivity contribution in [2.24, 2.45) is 0 Å². The third kappa shape index (κ3) is 3.25. The van der Waals surface area contributed by atoms with Crippen LogP contribution in [0.15, 0.2) is 12.4 Å². The summed E-state index contributed by atoms with van der Waals surface area (Å²) in [4.78, 5) is 11.0. The number of halogens is 1. The summed E-state index contributed by atoms with van der Waals surface area (Å²) in [5.74, 6) is 2.08. The van der Waals surface area contributed by atoms with Crippen molar-refractivity contribution in [2.45, 2.75) is 38.6 Å². The highest BCUT2D eigenvalue weighted by molar-refractivity contribution is 6.18. The molecule has 5 heteroatoms. The molecule has 1 aliphatic carbocycles. The minimum Gasteiger partial charge on any atom is -0.477 e. The third-order valence-corrected chi connectivity index (χ3v) is 3.45. The topological polar surface area (TPSA) is 38.2 Å². The highest BCUT2D eigenvalue weighted by Crippen LogP contribution is 2.27. The predicted molar refractivity (Wildman–Crippen MR) is 73.5 cm³/mol. The van der Waals surface area contributed by atoms with E-state index < -0.39 is 0 Å². The zero-order valence-corrected chi connectivity index (χ0v) is 11.6. The van der Waals surface area contributed by atoms with Gasteiger partial charge in [0.2, 0.25) is 5.88 Å². The number of hydrogen-bond acceptors (Lipinski definition) is 4. The van der Waals surface area contributed by atoms with Gasteiger partial charge in [-0.25, -0.2) is 0 Å². The van der Waals surface area contributed by atoms with Crippen molar-refractivity contribution >= 4 is 17.4 Å². The van der Waals surface area contributed by atoms with Gasteiger partial charge in [-0.1, -0.05) is 12.8 Å². The van der Waals surface area contributed by atoms with Crippen LogP contribution in [0.1, 0.15) is 32.6 Å². The van der Waals surface area contributed by atoms with E-state index in [0.717, 1.165) is 12.4 Å². The summed E-state index contributed by atoms with van der Waals surface area (Å²) in [5.41, 5.74) is 0. The van der Waals surface area contributed by atoms with Gasteiger partial charge in [-0.15, -0.1) is 11.6 Å². The molecule has 18 heavy (non-hydrogen) atoms. The van der Waals surface area contributed by atoms with Gasteiger partial charge in [-0.05, 0) is 19.8 Å². The van der Waals surface area contributed by atoms with Crippen molar-refractivity contribution in [1.82, 2.24) is 9.97 Å². The number of rotatable bonds is 6. The normalized spacial score (nSPS) is 15.9. The molecule has 1 aromatic heterocycles. The standard InChI is InChI=1S/C13H20ClN3O/c1-2-18-13-10-15-9-12(16-13)17(8-7-14)11-5-3-4-6-11/h9-11H,2-8H2,1H3. The van der Waals surface area contributed by atoms with E-state index in [1.54, 1.807) is 12.4 Å². The molecule has 0 bridgehead atoms. The molecule has 1 aliphatic rings. The van der Waals surface area contributed by atoms with Crippen LogP contribution in [0.5, 0.6) is 5.88 Å². The molecule has 0 unspecified atom stereocenters. The van der Waals surface area contributed by atoms with E-state index in [2.05, 4.69) is 14.9 Å². The van der Waals surface area contributed by atoms with E-state index in [9.17, 15) is 0 Å². The number of hydrogen-bond donors (Lipinski definition) is 0. The van der Waals surface area contributed by atoms with Gasteiger partial charge in [0.15, 0.2) is 5.82 Å². The molecule has 4 nitrogen and oxygen atoms in total. The molecule has 2 rings (SSSR count). The van der Waals surface area contributed by atoms with Crippen molar-refractivity contribution in [3.63, 3.8) is 0 Å². The zero-order chi connectivity index (χ0) is 12.8. The maximum absolute atomic E-state index is 5.90. The summed E-state index contributed by atoms with van der Waals surface area (Å²) >= 11 is 5.90. The van der Waals surface area contributed by atoms with Crippen molar-refractivity contribution in [3.8, 4) is 5.88 Å². The van der Waals surface area contributed by atoms with Gasteiger partial charge < -0.3 is 9.64 Å². The van der Waals surface area contributed by atoms with Crippen LogP contribution >= 0.6 is 11.6 Å². The summed E-state index contributed by atoms with van der Waals surface area (Å²) in [6, 6.07) is 0.551. The summed E-state index contributed by atoms with van der Waals surface area (Å²) in [7, 11) is 0. The summed E-state index contributed by atoms with van der Waals surface area (Å²) in [5, 5.41) is 0. The van der Waals surface area contributed by atoms with Gasteiger partial charge in [-0.2, -0.15) is 4.98 Å². The molecule has 0 spiro atoms. The maximum atomic E-state index is 5.90. The molecule has 0 aromatic carbocycles. The van der Waals surface area contributed by atoms with Gasteiger partial charge in [0.25, 0.3) is 0 Å². The summed E-state index contributed by atoms with van der Waals surface area (Å²) in [6.45, 7) is 3.37. The van der Waals surface area contributed by atoms with Crippen molar-refractivity contribution in [3.05, 3.63) is 12.4 Å². The molecule has 100 valence electrons. The molecular weight excluding hydrogens is 250 g/mol. The smallest absolute Gasteiger partial charge is 0.234 e. The monoisotopic (exact) mass is 269 g/mol. The molecule has 0 atom stereocenters. The summed E-state index contributed by atoms with van der Waals surface area (Å²) in [6.07, 6.45) is 8.48. The fraction of sp³-hybridized carbons (Fsp3) is 0.692. The number of nitrogens with zero attached hydrogens (tertiary/aromatic N) is 3. The number of alkyl halides is 1. The molecule has 0 saturated heterocycles. The highest BCUT2D eigenvalue weighted by Gasteiger charge is 2.23. The lowest BCUT2D eigenvalue weighted by Gasteiger charge is -2.29. The first-order valence-corrected chi connectivity index (χ1v) is 7.16. The van der Waals surface area contributed by atoms with Gasteiger partial charge in [0.05, 0.1) is 19.0 Å². The van der Waals surface area contributed by atoms with E-state index in [0.29, 0.717) is 24.4 Å². The van der Waals surface area contributed by atoms with Crippen LogP contribution < -0.4 is 9.64 Å². The first-order chi connectivity index (χ1) is 8.85. The fourth-order valence-electron chi connectivity index (χ4n) is 2.49. The predicted octanol–water partition coefficient (Wildman–Crippen LogP) is 2.86. The summed E-state index contributed by atoms with van der Waals surface area (Å²) < 4.78 is 5.40. The molecule has 0 N–H and O–H groups in total. The van der Waals surface area contributed by atoms with Crippen LogP contribution in [0.3, 0.4) is 0 Å². The Labute approximate surface area is 113 Å². The number of aromatic nitrogens is 2. The van der Waals surface area contributed by atoms with Crippen molar-refractivity contribution in [2.75, 3.05) is 23.9 Å². The second-order valence-corrected chi connectivity index (χ2v) is 4.85. The fourth-order valence-corrected chi connectivity index (χ4v) is 2.67.